The van der Waals surface area contributed by atoms with Crippen LogP contribution in [0.25, 0.3) is 0 Å². The zero-order chi connectivity index (χ0) is 20.0. The minimum absolute atomic E-state index is 0.109. The van der Waals surface area contributed by atoms with Gasteiger partial charge in [0.25, 0.3) is 11.8 Å². The molecule has 0 aliphatic rings. The highest BCUT2D eigenvalue weighted by molar-refractivity contribution is 9.10. The summed E-state index contributed by atoms with van der Waals surface area (Å²) < 4.78 is 0.885. The molecule has 0 bridgehead atoms. The summed E-state index contributed by atoms with van der Waals surface area (Å²) in [5, 5.41) is 5.64. The second-order valence-electron chi connectivity index (χ2n) is 5.96. The van der Waals surface area contributed by atoms with Gasteiger partial charge in [-0.05, 0) is 42.5 Å². The number of rotatable bonds is 6. The Bertz CT molecular complexity index is 854. The van der Waals surface area contributed by atoms with Crippen molar-refractivity contribution in [1.82, 2.24) is 10.2 Å². The van der Waals surface area contributed by atoms with Crippen LogP contribution in [0.1, 0.15) is 27.1 Å². The molecule has 27 heavy (non-hydrogen) atoms. The third-order valence-corrected chi connectivity index (χ3v) is 4.47. The smallest absolute Gasteiger partial charge is 0.254 e. The standard InChI is InChI=1S/C19H19BrClN3O3/c1-24(2)19(27)15-8-7-14(11-16(15)21)23-17(25)9-10-22-18(26)12-3-5-13(20)6-4-12/h3-8,11H,9-10H2,1-2H3,(H,22,26)(H,23,25). The molecule has 2 aromatic carbocycles. The molecular formula is C19H19BrClN3O3. The summed E-state index contributed by atoms with van der Waals surface area (Å²) >= 11 is 9.42. The van der Waals surface area contributed by atoms with Crippen LogP contribution >= 0.6 is 27.5 Å². The van der Waals surface area contributed by atoms with Crippen LogP contribution in [0.3, 0.4) is 0 Å². The first-order valence-electron chi connectivity index (χ1n) is 8.12. The largest absolute Gasteiger partial charge is 0.352 e. The number of hydrogen-bond acceptors (Lipinski definition) is 3. The van der Waals surface area contributed by atoms with E-state index in [1.54, 1.807) is 50.5 Å². The van der Waals surface area contributed by atoms with Crippen LogP contribution in [-0.4, -0.2) is 43.3 Å². The maximum atomic E-state index is 12.0. The van der Waals surface area contributed by atoms with Crippen molar-refractivity contribution in [2.75, 3.05) is 26.0 Å². The molecule has 0 saturated carbocycles. The molecule has 0 atom stereocenters. The molecule has 0 aromatic heterocycles. The molecule has 2 N–H and O–H groups in total. The molecule has 0 spiro atoms. The molecule has 0 unspecified atom stereocenters. The summed E-state index contributed by atoms with van der Waals surface area (Å²) in [4.78, 5) is 37.4. The number of amides is 3. The number of carbonyl (C=O) groups is 3. The molecule has 142 valence electrons. The maximum Gasteiger partial charge on any atom is 0.254 e. The second-order valence-corrected chi connectivity index (χ2v) is 7.28. The van der Waals surface area contributed by atoms with Gasteiger partial charge < -0.3 is 15.5 Å². The van der Waals surface area contributed by atoms with Gasteiger partial charge in [0.1, 0.15) is 0 Å². The predicted octanol–water partition coefficient (Wildman–Crippen LogP) is 3.56. The SMILES string of the molecule is CN(C)C(=O)c1ccc(NC(=O)CCNC(=O)c2ccc(Br)cc2)cc1Cl. The highest BCUT2D eigenvalue weighted by Gasteiger charge is 2.13. The monoisotopic (exact) mass is 451 g/mol. The van der Waals surface area contributed by atoms with Crippen molar-refractivity contribution < 1.29 is 14.4 Å². The van der Waals surface area contributed by atoms with E-state index in [1.807, 2.05) is 0 Å². The molecule has 0 aliphatic heterocycles. The van der Waals surface area contributed by atoms with Gasteiger partial charge in [-0.2, -0.15) is 0 Å². The number of halogens is 2. The van der Waals surface area contributed by atoms with Crippen LogP contribution in [0.4, 0.5) is 5.69 Å². The lowest BCUT2D eigenvalue weighted by molar-refractivity contribution is -0.116. The lowest BCUT2D eigenvalue weighted by Crippen LogP contribution is -2.27. The van der Waals surface area contributed by atoms with Gasteiger partial charge in [0.2, 0.25) is 5.91 Å². The molecule has 0 aliphatic carbocycles. The molecule has 0 heterocycles. The van der Waals surface area contributed by atoms with Gasteiger partial charge in [0.15, 0.2) is 0 Å². The maximum absolute atomic E-state index is 12.0. The Morgan fingerprint density at radius 1 is 1.07 bits per heavy atom. The van der Waals surface area contributed by atoms with Gasteiger partial charge in [0, 0.05) is 42.8 Å². The van der Waals surface area contributed by atoms with E-state index < -0.39 is 0 Å². The van der Waals surface area contributed by atoms with Crippen molar-refractivity contribution in [3.05, 3.63) is 63.1 Å². The van der Waals surface area contributed by atoms with Crippen LogP contribution < -0.4 is 10.6 Å². The number of anilines is 1. The molecule has 2 aromatic rings. The van der Waals surface area contributed by atoms with Crippen molar-refractivity contribution >= 4 is 50.9 Å². The van der Waals surface area contributed by atoms with Gasteiger partial charge in [-0.15, -0.1) is 0 Å². The van der Waals surface area contributed by atoms with Gasteiger partial charge in [-0.25, -0.2) is 0 Å². The first-order valence-corrected chi connectivity index (χ1v) is 9.30. The van der Waals surface area contributed by atoms with E-state index in [-0.39, 0.29) is 35.7 Å². The lowest BCUT2D eigenvalue weighted by atomic mass is 10.2. The van der Waals surface area contributed by atoms with E-state index >= 15 is 0 Å². The summed E-state index contributed by atoms with van der Waals surface area (Å²) in [6, 6.07) is 11.6. The predicted molar refractivity (Wildman–Crippen MR) is 109 cm³/mol. The Labute approximate surface area is 171 Å². The molecule has 0 fully saturated rings. The Balaban J connectivity index is 1.85. The summed E-state index contributed by atoms with van der Waals surface area (Å²) in [5.74, 6) is -0.729. The highest BCUT2D eigenvalue weighted by atomic mass is 79.9. The van der Waals surface area contributed by atoms with Crippen LogP contribution in [0.2, 0.25) is 5.02 Å². The van der Waals surface area contributed by atoms with Crippen LogP contribution in [0.15, 0.2) is 46.9 Å². The lowest BCUT2D eigenvalue weighted by Gasteiger charge is -2.13. The number of nitrogens with zero attached hydrogens (tertiary/aromatic N) is 1. The third kappa shape index (κ3) is 6.08. The van der Waals surface area contributed by atoms with Crippen molar-refractivity contribution in [2.24, 2.45) is 0 Å². The number of hydrogen-bond donors (Lipinski definition) is 2. The second kappa shape index (κ2) is 9.53. The van der Waals surface area contributed by atoms with E-state index in [0.717, 1.165) is 4.47 Å². The third-order valence-electron chi connectivity index (χ3n) is 3.63. The molecule has 3 amide bonds. The molecule has 8 heteroatoms. The Morgan fingerprint density at radius 2 is 1.74 bits per heavy atom. The molecule has 6 nitrogen and oxygen atoms in total. The van der Waals surface area contributed by atoms with Crippen molar-refractivity contribution in [2.45, 2.75) is 6.42 Å². The zero-order valence-corrected chi connectivity index (χ0v) is 17.2. The first kappa shape index (κ1) is 20.9. The molecule has 2 rings (SSSR count). The van der Waals surface area contributed by atoms with Crippen molar-refractivity contribution in [3.63, 3.8) is 0 Å². The van der Waals surface area contributed by atoms with E-state index in [9.17, 15) is 14.4 Å². The molecule has 0 radical (unpaired) electrons. The summed E-state index contributed by atoms with van der Waals surface area (Å²) in [5.41, 5.74) is 1.37. The zero-order valence-electron chi connectivity index (χ0n) is 14.9. The summed E-state index contributed by atoms with van der Waals surface area (Å²) in [6.45, 7) is 0.200. The minimum Gasteiger partial charge on any atom is -0.352 e. The Morgan fingerprint density at radius 3 is 2.33 bits per heavy atom. The van der Waals surface area contributed by atoms with Gasteiger partial charge in [0.05, 0.1) is 10.6 Å². The first-order chi connectivity index (χ1) is 12.8. The average molecular weight is 453 g/mol. The van der Waals surface area contributed by atoms with E-state index in [4.69, 9.17) is 11.6 Å². The fourth-order valence-corrected chi connectivity index (χ4v) is 2.75. The van der Waals surface area contributed by atoms with Crippen LogP contribution in [-0.2, 0) is 4.79 Å². The van der Waals surface area contributed by atoms with Crippen molar-refractivity contribution in [1.29, 1.82) is 0 Å². The minimum atomic E-state index is -0.270. The number of nitrogens with one attached hydrogen (secondary N) is 2. The number of carbonyl (C=O) groups excluding carboxylic acids is 3. The van der Waals surface area contributed by atoms with Gasteiger partial charge in [-0.3, -0.25) is 14.4 Å². The van der Waals surface area contributed by atoms with E-state index in [0.29, 0.717) is 16.8 Å². The fraction of sp³-hybridized carbons (Fsp3) is 0.211. The Hall–Kier alpha value is -2.38. The molecule has 0 saturated heterocycles. The normalized spacial score (nSPS) is 10.2. The Kier molecular flexibility index (Phi) is 7.38. The molecular weight excluding hydrogens is 434 g/mol. The summed E-state index contributed by atoms with van der Waals surface area (Å²) in [6.07, 6.45) is 0.109. The summed E-state index contributed by atoms with van der Waals surface area (Å²) in [7, 11) is 3.27. The van der Waals surface area contributed by atoms with Crippen LogP contribution in [0.5, 0.6) is 0 Å². The number of benzene rings is 2. The van der Waals surface area contributed by atoms with Crippen LogP contribution in [0, 0.1) is 0 Å². The highest BCUT2D eigenvalue weighted by Crippen LogP contribution is 2.22. The van der Waals surface area contributed by atoms with Gasteiger partial charge in [-0.1, -0.05) is 27.5 Å². The van der Waals surface area contributed by atoms with E-state index in [2.05, 4.69) is 26.6 Å². The van der Waals surface area contributed by atoms with Crippen molar-refractivity contribution in [3.8, 4) is 0 Å². The van der Waals surface area contributed by atoms with Gasteiger partial charge >= 0.3 is 0 Å². The average Bonchev–Trinajstić information content (AvgIpc) is 2.61. The quantitative estimate of drug-likeness (QED) is 0.703. The van der Waals surface area contributed by atoms with E-state index in [1.165, 1.54) is 11.0 Å². The fourth-order valence-electron chi connectivity index (χ4n) is 2.22. The topological polar surface area (TPSA) is 78.5 Å².